The second-order valence-electron chi connectivity index (χ2n) is 7.92. The molecule has 32 heavy (non-hydrogen) atoms. The Hall–Kier alpha value is -3.22. The summed E-state index contributed by atoms with van der Waals surface area (Å²) in [4.78, 5) is 51.1. The lowest BCUT2D eigenvalue weighted by molar-refractivity contribution is -0.159. The van der Waals surface area contributed by atoms with Crippen molar-refractivity contribution in [1.82, 2.24) is 30.8 Å². The van der Waals surface area contributed by atoms with Gasteiger partial charge in [-0.15, -0.1) is 22.0 Å². The summed E-state index contributed by atoms with van der Waals surface area (Å²) < 4.78 is 10.4. The smallest absolute Gasteiger partial charge is 0.355 e. The monoisotopic (exact) mass is 464 g/mol. The first-order valence-corrected chi connectivity index (χ1v) is 10.9. The fourth-order valence-corrected chi connectivity index (χ4v) is 4.39. The van der Waals surface area contributed by atoms with Crippen molar-refractivity contribution in [2.75, 3.05) is 12.4 Å². The van der Waals surface area contributed by atoms with Crippen LogP contribution < -0.4 is 5.32 Å². The highest BCUT2D eigenvalue weighted by Crippen LogP contribution is 2.41. The maximum Gasteiger partial charge on any atom is 0.355 e. The average molecular weight is 465 g/mol. The third kappa shape index (κ3) is 5.33. The number of esters is 2. The standard InChI is InChI=1S/C19H24N6O6S/c1-5-30-13(27)7-6-10-9-32-17-14(20-12(26)8-11-21-23-24-22-11)16(28)25(17)15(10)18(29)31-19(2,3)4/h6-7,14,17H,5,8-9H2,1-4H3,(H,20,26)(H,21,22,23,24)/t14?,17-/m0/s1. The average Bonchev–Trinajstić information content (AvgIpc) is 3.21. The number of hydrogen-bond donors (Lipinski definition) is 2. The van der Waals surface area contributed by atoms with Crippen LogP contribution in [0.5, 0.6) is 0 Å². The minimum Gasteiger partial charge on any atom is -0.463 e. The van der Waals surface area contributed by atoms with Gasteiger partial charge in [0.25, 0.3) is 5.91 Å². The fourth-order valence-electron chi connectivity index (χ4n) is 3.07. The summed E-state index contributed by atoms with van der Waals surface area (Å²) in [6.07, 6.45) is 2.52. The molecule has 2 N–H and O–H groups in total. The van der Waals surface area contributed by atoms with Crippen LogP contribution in [0.2, 0.25) is 0 Å². The molecule has 2 atom stereocenters. The van der Waals surface area contributed by atoms with Gasteiger partial charge in [0, 0.05) is 11.8 Å². The molecule has 1 fully saturated rings. The first-order valence-electron chi connectivity index (χ1n) is 9.88. The van der Waals surface area contributed by atoms with E-state index < -0.39 is 40.8 Å². The molecule has 12 nitrogen and oxygen atoms in total. The van der Waals surface area contributed by atoms with E-state index in [0.29, 0.717) is 11.3 Å². The molecule has 2 aliphatic rings. The highest BCUT2D eigenvalue weighted by molar-refractivity contribution is 8.00. The van der Waals surface area contributed by atoms with Crippen molar-refractivity contribution >= 4 is 35.5 Å². The second-order valence-corrected chi connectivity index (χ2v) is 9.03. The highest BCUT2D eigenvalue weighted by atomic mass is 32.2. The Balaban J connectivity index is 1.80. The van der Waals surface area contributed by atoms with Gasteiger partial charge >= 0.3 is 11.9 Å². The number of nitrogens with zero attached hydrogens (tertiary/aromatic N) is 4. The molecule has 172 valence electrons. The summed E-state index contributed by atoms with van der Waals surface area (Å²) in [6.45, 7) is 7.05. The molecule has 1 saturated heterocycles. The van der Waals surface area contributed by atoms with Crippen molar-refractivity contribution in [1.29, 1.82) is 0 Å². The third-order valence-corrected chi connectivity index (χ3v) is 5.62. The Morgan fingerprint density at radius 2 is 2.09 bits per heavy atom. The summed E-state index contributed by atoms with van der Waals surface area (Å²) in [6, 6.07) is -0.813. The van der Waals surface area contributed by atoms with E-state index in [1.165, 1.54) is 28.8 Å². The van der Waals surface area contributed by atoms with Crippen molar-refractivity contribution in [3.8, 4) is 0 Å². The highest BCUT2D eigenvalue weighted by Gasteiger charge is 2.54. The Morgan fingerprint density at radius 3 is 2.72 bits per heavy atom. The number of nitrogens with one attached hydrogen (secondary N) is 2. The number of carbonyl (C=O) groups is 4. The van der Waals surface area contributed by atoms with Gasteiger partial charge in [-0.3, -0.25) is 14.5 Å². The zero-order valence-electron chi connectivity index (χ0n) is 18.1. The van der Waals surface area contributed by atoms with Crippen LogP contribution in [0.4, 0.5) is 0 Å². The third-order valence-electron chi connectivity index (χ3n) is 4.32. The van der Waals surface area contributed by atoms with E-state index in [1.807, 2.05) is 0 Å². The van der Waals surface area contributed by atoms with Crippen LogP contribution in [0.3, 0.4) is 0 Å². The normalized spacial score (nSPS) is 20.6. The van der Waals surface area contributed by atoms with Gasteiger partial charge < -0.3 is 14.8 Å². The molecule has 0 spiro atoms. The molecular formula is C19H24N6O6S. The lowest BCUT2D eigenvalue weighted by atomic mass is 10.0. The molecule has 2 amide bonds. The largest absolute Gasteiger partial charge is 0.463 e. The maximum atomic E-state index is 12.9. The Morgan fingerprint density at radius 1 is 1.34 bits per heavy atom. The van der Waals surface area contributed by atoms with Gasteiger partial charge in [0.1, 0.15) is 22.7 Å². The summed E-state index contributed by atoms with van der Waals surface area (Å²) >= 11 is 1.36. The van der Waals surface area contributed by atoms with Gasteiger partial charge in [-0.25, -0.2) is 9.59 Å². The van der Waals surface area contributed by atoms with Crippen molar-refractivity contribution in [3.63, 3.8) is 0 Å². The van der Waals surface area contributed by atoms with Gasteiger partial charge in [-0.2, -0.15) is 5.21 Å². The lowest BCUT2D eigenvalue weighted by Crippen LogP contribution is -2.70. The zero-order valence-corrected chi connectivity index (χ0v) is 18.9. The number of tetrazole rings is 1. The van der Waals surface area contributed by atoms with Crippen molar-refractivity contribution in [2.45, 2.75) is 51.1 Å². The molecule has 1 aromatic rings. The van der Waals surface area contributed by atoms with E-state index >= 15 is 0 Å². The van der Waals surface area contributed by atoms with E-state index in [2.05, 4.69) is 25.9 Å². The predicted octanol–water partition coefficient (Wildman–Crippen LogP) is -0.143. The number of rotatable bonds is 7. The van der Waals surface area contributed by atoms with Crippen molar-refractivity contribution in [3.05, 3.63) is 29.2 Å². The summed E-state index contributed by atoms with van der Waals surface area (Å²) in [7, 11) is 0. The number of aromatic nitrogens is 4. The molecule has 0 aromatic carbocycles. The molecule has 0 radical (unpaired) electrons. The fraction of sp³-hybridized carbons (Fsp3) is 0.526. The minimum absolute atomic E-state index is 0.0536. The summed E-state index contributed by atoms with van der Waals surface area (Å²) in [5.41, 5.74) is -0.275. The molecular weight excluding hydrogens is 440 g/mol. The molecule has 1 unspecified atom stereocenters. The predicted molar refractivity (Wildman–Crippen MR) is 112 cm³/mol. The Labute approximate surface area is 188 Å². The number of allylic oxidation sites excluding steroid dienone is 1. The van der Waals surface area contributed by atoms with E-state index in [4.69, 9.17) is 9.47 Å². The maximum absolute atomic E-state index is 12.9. The number of amides is 2. The van der Waals surface area contributed by atoms with E-state index in [0.717, 1.165) is 0 Å². The minimum atomic E-state index is -0.813. The molecule has 2 aliphatic heterocycles. The summed E-state index contributed by atoms with van der Waals surface area (Å²) in [5.74, 6) is -1.61. The van der Waals surface area contributed by atoms with E-state index in [1.54, 1.807) is 27.7 Å². The molecule has 0 aliphatic carbocycles. The van der Waals surface area contributed by atoms with Crippen LogP contribution in [0.15, 0.2) is 23.4 Å². The molecule has 3 rings (SSSR count). The van der Waals surface area contributed by atoms with Crippen molar-refractivity contribution < 1.29 is 28.7 Å². The number of aromatic amines is 1. The lowest BCUT2D eigenvalue weighted by Gasteiger charge is -2.49. The summed E-state index contributed by atoms with van der Waals surface area (Å²) in [5, 5.41) is 15.2. The molecule has 0 saturated carbocycles. The molecule has 3 heterocycles. The number of fused-ring (bicyclic) bond motifs is 1. The SMILES string of the molecule is CCOC(=O)C=CC1=C(C(=O)OC(C)(C)C)N2C(=O)C(NC(=O)Cc3nn[nH]n3)[C@@H]2SC1. The Bertz CT molecular complexity index is 967. The number of ether oxygens (including phenoxy) is 2. The van der Waals surface area contributed by atoms with Gasteiger partial charge in [0.05, 0.1) is 13.0 Å². The van der Waals surface area contributed by atoms with E-state index in [-0.39, 0.29) is 24.5 Å². The second kappa shape index (κ2) is 9.51. The number of thioether (sulfide) groups is 1. The molecule has 1 aromatic heterocycles. The van der Waals surface area contributed by atoms with Crippen LogP contribution in [0, 0.1) is 0 Å². The molecule has 13 heteroatoms. The zero-order chi connectivity index (χ0) is 23.5. The molecule has 0 bridgehead atoms. The van der Waals surface area contributed by atoms with Crippen LogP contribution in [0.1, 0.15) is 33.5 Å². The van der Waals surface area contributed by atoms with Crippen LogP contribution in [0.25, 0.3) is 0 Å². The van der Waals surface area contributed by atoms with Crippen molar-refractivity contribution in [2.24, 2.45) is 0 Å². The first-order chi connectivity index (χ1) is 15.1. The van der Waals surface area contributed by atoms with Gasteiger partial charge in [0.15, 0.2) is 5.82 Å². The van der Waals surface area contributed by atoms with Gasteiger partial charge in [-0.1, -0.05) is 5.21 Å². The van der Waals surface area contributed by atoms with Crippen LogP contribution in [-0.2, 0) is 35.1 Å². The van der Waals surface area contributed by atoms with E-state index in [9.17, 15) is 19.2 Å². The van der Waals surface area contributed by atoms with Gasteiger partial charge in [-0.05, 0) is 39.3 Å². The Kier molecular flexibility index (Phi) is 6.96. The van der Waals surface area contributed by atoms with Gasteiger partial charge in [0.2, 0.25) is 5.91 Å². The number of β-lactam (4-membered cyclic amide) rings is 1. The van der Waals surface area contributed by atoms with Crippen LogP contribution >= 0.6 is 11.8 Å². The topological polar surface area (TPSA) is 156 Å². The first kappa shape index (κ1) is 23.4. The quantitative estimate of drug-likeness (QED) is 0.316. The number of carbonyl (C=O) groups excluding carboxylic acids is 4. The number of hydrogen-bond acceptors (Lipinski definition) is 10. The van der Waals surface area contributed by atoms with Crippen LogP contribution in [-0.4, -0.2) is 78.7 Å². The number of H-pyrrole nitrogens is 1.